The molecule has 1 aromatic heterocycles. The van der Waals surface area contributed by atoms with Gasteiger partial charge in [-0.1, -0.05) is 24.2 Å². The van der Waals surface area contributed by atoms with Gasteiger partial charge < -0.3 is 9.26 Å². The molecule has 3 rings (SSSR count). The molecule has 5 nitrogen and oxygen atoms in total. The van der Waals surface area contributed by atoms with E-state index in [2.05, 4.69) is 35.8 Å². The minimum atomic E-state index is -4.41. The number of benzene rings is 1. The molecule has 8 heteroatoms. The summed E-state index contributed by atoms with van der Waals surface area (Å²) in [5.74, 6) is 0.563. The van der Waals surface area contributed by atoms with Crippen molar-refractivity contribution in [2.24, 2.45) is 0 Å². The first kappa shape index (κ1) is 19.8. The number of nitrogens with zero attached hydrogens (tertiary/aromatic N) is 3. The van der Waals surface area contributed by atoms with E-state index in [4.69, 9.17) is 9.26 Å². The smallest absolute Gasteiger partial charge is 0.375 e. The Morgan fingerprint density at radius 2 is 2.07 bits per heavy atom. The number of hydrogen-bond donors (Lipinski definition) is 0. The average Bonchev–Trinajstić information content (AvgIpc) is 3.07. The molecule has 1 fully saturated rings. The van der Waals surface area contributed by atoms with Gasteiger partial charge in [0.1, 0.15) is 0 Å². The van der Waals surface area contributed by atoms with Crippen LogP contribution in [0.25, 0.3) is 11.4 Å². The van der Waals surface area contributed by atoms with Crippen LogP contribution in [-0.4, -0.2) is 39.8 Å². The van der Waals surface area contributed by atoms with Crippen LogP contribution < -0.4 is 0 Å². The van der Waals surface area contributed by atoms with Gasteiger partial charge in [-0.25, -0.2) is 0 Å². The van der Waals surface area contributed by atoms with Gasteiger partial charge in [0.2, 0.25) is 11.7 Å². The quantitative estimate of drug-likeness (QED) is 0.759. The van der Waals surface area contributed by atoms with Crippen LogP contribution in [0, 0.1) is 0 Å². The molecule has 0 N–H and O–H groups in total. The Labute approximate surface area is 156 Å². The van der Waals surface area contributed by atoms with Crippen molar-refractivity contribution in [1.82, 2.24) is 15.0 Å². The van der Waals surface area contributed by atoms with Crippen LogP contribution in [0.4, 0.5) is 13.2 Å². The first-order chi connectivity index (χ1) is 12.7. The highest BCUT2D eigenvalue weighted by atomic mass is 19.4. The molecule has 0 spiro atoms. The van der Waals surface area contributed by atoms with Gasteiger partial charge in [-0.3, -0.25) is 4.90 Å². The van der Waals surface area contributed by atoms with Crippen LogP contribution in [-0.2, 0) is 17.5 Å². The van der Waals surface area contributed by atoms with Crippen molar-refractivity contribution in [3.8, 4) is 11.4 Å². The van der Waals surface area contributed by atoms with Crippen molar-refractivity contribution in [2.75, 3.05) is 13.2 Å². The van der Waals surface area contributed by atoms with Crippen molar-refractivity contribution in [2.45, 2.75) is 58.0 Å². The molecule has 1 unspecified atom stereocenters. The normalized spacial score (nSPS) is 20.2. The Hall–Kier alpha value is -1.93. The van der Waals surface area contributed by atoms with Gasteiger partial charge in [0, 0.05) is 18.2 Å². The van der Waals surface area contributed by atoms with E-state index in [0.717, 1.165) is 31.5 Å². The van der Waals surface area contributed by atoms with Crippen molar-refractivity contribution in [1.29, 1.82) is 0 Å². The van der Waals surface area contributed by atoms with Crippen molar-refractivity contribution < 1.29 is 22.4 Å². The lowest BCUT2D eigenvalue weighted by molar-refractivity contribution is -0.137. The summed E-state index contributed by atoms with van der Waals surface area (Å²) in [5.41, 5.74) is -0.616. The number of aromatic nitrogens is 2. The molecule has 0 saturated carbocycles. The Bertz CT molecular complexity index is 774. The summed E-state index contributed by atoms with van der Waals surface area (Å²) in [4.78, 5) is 6.55. The molecular weight excluding hydrogens is 359 g/mol. The second-order valence-electron chi connectivity index (χ2n) is 7.41. The predicted octanol–water partition coefficient (Wildman–Crippen LogP) is 4.53. The van der Waals surface area contributed by atoms with E-state index in [9.17, 15) is 13.2 Å². The van der Waals surface area contributed by atoms with Gasteiger partial charge in [0.25, 0.3) is 0 Å². The molecule has 1 aliphatic rings. The number of hydrogen-bond acceptors (Lipinski definition) is 5. The van der Waals surface area contributed by atoms with E-state index < -0.39 is 11.7 Å². The average molecular weight is 383 g/mol. The van der Waals surface area contributed by atoms with Gasteiger partial charge in [0.15, 0.2) is 0 Å². The van der Waals surface area contributed by atoms with Crippen LogP contribution in [0.3, 0.4) is 0 Å². The van der Waals surface area contributed by atoms with Crippen LogP contribution in [0.1, 0.15) is 45.1 Å². The van der Waals surface area contributed by atoms with Crippen molar-refractivity contribution in [3.05, 3.63) is 35.7 Å². The van der Waals surface area contributed by atoms with Crippen LogP contribution in [0.15, 0.2) is 28.8 Å². The van der Waals surface area contributed by atoms with Gasteiger partial charge >= 0.3 is 6.18 Å². The second kappa shape index (κ2) is 7.59. The fourth-order valence-corrected chi connectivity index (χ4v) is 3.46. The third kappa shape index (κ3) is 4.87. The second-order valence-corrected chi connectivity index (χ2v) is 7.41. The van der Waals surface area contributed by atoms with Gasteiger partial charge in [-0.05, 0) is 45.4 Å². The summed E-state index contributed by atoms with van der Waals surface area (Å²) < 4.78 is 49.8. The SMILES string of the molecule is CCN(Cc1nc(-c2cccc(C(F)(F)F)c2)no1)C1CCOC(C)(C)C1. The summed E-state index contributed by atoms with van der Waals surface area (Å²) in [6.07, 6.45) is -2.58. The Balaban J connectivity index is 1.74. The Morgan fingerprint density at radius 1 is 1.30 bits per heavy atom. The predicted molar refractivity (Wildman–Crippen MR) is 93.9 cm³/mol. The molecule has 0 radical (unpaired) electrons. The van der Waals surface area contributed by atoms with E-state index in [0.29, 0.717) is 25.1 Å². The van der Waals surface area contributed by atoms with E-state index >= 15 is 0 Å². The molecule has 27 heavy (non-hydrogen) atoms. The lowest BCUT2D eigenvalue weighted by Gasteiger charge is -2.40. The molecule has 1 aromatic carbocycles. The molecular formula is C19H24F3N3O2. The Morgan fingerprint density at radius 3 is 2.74 bits per heavy atom. The number of rotatable bonds is 5. The highest BCUT2D eigenvalue weighted by molar-refractivity contribution is 5.55. The number of halogens is 3. The molecule has 1 aliphatic heterocycles. The van der Waals surface area contributed by atoms with E-state index in [1.54, 1.807) is 6.07 Å². The maximum Gasteiger partial charge on any atom is 0.416 e. The van der Waals surface area contributed by atoms with Gasteiger partial charge in [-0.15, -0.1) is 0 Å². The highest BCUT2D eigenvalue weighted by Gasteiger charge is 2.33. The topological polar surface area (TPSA) is 51.4 Å². The molecule has 0 amide bonds. The fraction of sp³-hybridized carbons (Fsp3) is 0.579. The standard InChI is InChI=1S/C19H24F3N3O2/c1-4-25(15-8-9-26-18(2,3)11-15)12-16-23-17(24-27-16)13-6-5-7-14(10-13)19(20,21)22/h5-7,10,15H,4,8-9,11-12H2,1-3H3. The first-order valence-electron chi connectivity index (χ1n) is 9.06. The van der Waals surface area contributed by atoms with Crippen molar-refractivity contribution >= 4 is 0 Å². The molecule has 2 aromatic rings. The zero-order valence-electron chi connectivity index (χ0n) is 15.7. The summed E-state index contributed by atoms with van der Waals surface area (Å²) in [5, 5.41) is 3.87. The maximum absolute atomic E-state index is 12.9. The summed E-state index contributed by atoms with van der Waals surface area (Å²) in [6, 6.07) is 5.28. The molecule has 0 bridgehead atoms. The summed E-state index contributed by atoms with van der Waals surface area (Å²) >= 11 is 0. The molecule has 2 heterocycles. The van der Waals surface area contributed by atoms with Crippen LogP contribution in [0.5, 0.6) is 0 Å². The summed E-state index contributed by atoms with van der Waals surface area (Å²) in [6.45, 7) is 8.18. The highest BCUT2D eigenvalue weighted by Crippen LogP contribution is 2.32. The fourth-order valence-electron chi connectivity index (χ4n) is 3.46. The third-order valence-corrected chi connectivity index (χ3v) is 4.85. The van der Waals surface area contributed by atoms with Gasteiger partial charge in [0.05, 0.1) is 17.7 Å². The van der Waals surface area contributed by atoms with Crippen LogP contribution >= 0.6 is 0 Å². The van der Waals surface area contributed by atoms with E-state index in [1.807, 2.05) is 0 Å². The monoisotopic (exact) mass is 383 g/mol. The number of ether oxygens (including phenoxy) is 1. The van der Waals surface area contributed by atoms with Crippen molar-refractivity contribution in [3.63, 3.8) is 0 Å². The molecule has 148 valence electrons. The molecule has 1 atom stereocenters. The third-order valence-electron chi connectivity index (χ3n) is 4.85. The minimum Gasteiger partial charge on any atom is -0.375 e. The Kier molecular flexibility index (Phi) is 5.58. The summed E-state index contributed by atoms with van der Waals surface area (Å²) in [7, 11) is 0. The zero-order chi connectivity index (χ0) is 19.7. The van der Waals surface area contributed by atoms with Gasteiger partial charge in [-0.2, -0.15) is 18.2 Å². The molecule has 1 saturated heterocycles. The van der Waals surface area contributed by atoms with E-state index in [1.165, 1.54) is 6.07 Å². The lowest BCUT2D eigenvalue weighted by Crippen LogP contribution is -2.45. The minimum absolute atomic E-state index is 0.166. The maximum atomic E-state index is 12.9. The largest absolute Gasteiger partial charge is 0.416 e. The molecule has 0 aliphatic carbocycles. The first-order valence-corrected chi connectivity index (χ1v) is 9.06. The zero-order valence-corrected chi connectivity index (χ0v) is 15.7. The van der Waals surface area contributed by atoms with Crippen LogP contribution in [0.2, 0.25) is 0 Å². The number of alkyl halides is 3. The lowest BCUT2D eigenvalue weighted by atomic mass is 9.93. The van der Waals surface area contributed by atoms with E-state index in [-0.39, 0.29) is 17.0 Å².